The van der Waals surface area contributed by atoms with Gasteiger partial charge in [0.2, 0.25) is 0 Å². The van der Waals surface area contributed by atoms with Crippen LogP contribution in [-0.2, 0) is 0 Å². The molecule has 62 valence electrons. The van der Waals surface area contributed by atoms with Gasteiger partial charge in [0.1, 0.15) is 0 Å². The van der Waals surface area contributed by atoms with E-state index in [1.807, 2.05) is 13.0 Å². The van der Waals surface area contributed by atoms with E-state index < -0.39 is 0 Å². The van der Waals surface area contributed by atoms with Gasteiger partial charge in [-0.15, -0.1) is 0 Å². The average Bonchev–Trinajstić information content (AvgIpc) is 1.87. The molecule has 0 unspecified atom stereocenters. The van der Waals surface area contributed by atoms with Gasteiger partial charge in [-0.25, -0.2) is 0 Å². The van der Waals surface area contributed by atoms with E-state index in [1.54, 1.807) is 0 Å². The highest BCUT2D eigenvalue weighted by atomic mass is 35.5. The Bertz CT molecular complexity index is 215. The minimum atomic E-state index is 0.616. The van der Waals surface area contributed by atoms with E-state index >= 15 is 0 Å². The lowest BCUT2D eigenvalue weighted by molar-refractivity contribution is 1.28. The lowest BCUT2D eigenvalue weighted by Crippen LogP contribution is -1.78. The van der Waals surface area contributed by atoms with E-state index in [2.05, 4.69) is 27.4 Å². The Morgan fingerprint density at radius 3 is 1.91 bits per heavy atom. The van der Waals surface area contributed by atoms with Crippen molar-refractivity contribution in [1.82, 2.24) is 0 Å². The van der Waals surface area contributed by atoms with Crippen LogP contribution in [0.25, 0.3) is 0 Å². The van der Waals surface area contributed by atoms with Crippen molar-refractivity contribution < 1.29 is 0 Å². The quantitative estimate of drug-likeness (QED) is 0.549. The van der Waals surface area contributed by atoms with Crippen molar-refractivity contribution in [3.8, 4) is 0 Å². The summed E-state index contributed by atoms with van der Waals surface area (Å²) in [5.74, 6) is 0. The Kier molecular flexibility index (Phi) is 4.20. The highest BCUT2D eigenvalue weighted by Crippen LogP contribution is 2.15. The Morgan fingerprint density at radius 1 is 1.18 bits per heavy atom. The molecular formula is C10H15Cl. The van der Waals surface area contributed by atoms with Crippen LogP contribution in [0.1, 0.15) is 27.7 Å². The highest BCUT2D eigenvalue weighted by Gasteiger charge is 1.92. The normalized spacial score (nSPS) is 11.2. The molecule has 0 aromatic carbocycles. The van der Waals surface area contributed by atoms with Crippen LogP contribution in [0.2, 0.25) is 0 Å². The minimum Gasteiger partial charge on any atom is -0.0847 e. The number of allylic oxidation sites excluding steroid dienone is 5. The van der Waals surface area contributed by atoms with Crippen molar-refractivity contribution in [2.45, 2.75) is 27.7 Å². The zero-order valence-electron chi connectivity index (χ0n) is 7.66. The van der Waals surface area contributed by atoms with Gasteiger partial charge >= 0.3 is 0 Å². The molecule has 0 saturated carbocycles. The number of halogens is 1. The van der Waals surface area contributed by atoms with E-state index in [4.69, 9.17) is 11.6 Å². The minimum absolute atomic E-state index is 0.616. The van der Waals surface area contributed by atoms with Crippen molar-refractivity contribution in [2.24, 2.45) is 0 Å². The van der Waals surface area contributed by atoms with Crippen LogP contribution < -0.4 is 0 Å². The third-order valence-corrected chi connectivity index (χ3v) is 1.95. The molecule has 0 aliphatic rings. The number of hydrogen-bond acceptors (Lipinski definition) is 0. The molecule has 0 amide bonds. The molecule has 0 aromatic heterocycles. The number of hydrogen-bond donors (Lipinski definition) is 0. The van der Waals surface area contributed by atoms with Gasteiger partial charge < -0.3 is 0 Å². The second-order valence-electron chi connectivity index (χ2n) is 2.92. The highest BCUT2D eigenvalue weighted by molar-refractivity contribution is 6.31. The van der Waals surface area contributed by atoms with Gasteiger partial charge in [-0.05, 0) is 33.3 Å². The van der Waals surface area contributed by atoms with Gasteiger partial charge in [-0.2, -0.15) is 0 Å². The molecule has 0 heterocycles. The van der Waals surface area contributed by atoms with Crippen molar-refractivity contribution >= 4 is 11.6 Å². The van der Waals surface area contributed by atoms with E-state index in [0.29, 0.717) is 5.03 Å². The molecule has 0 aromatic rings. The second kappa shape index (κ2) is 4.40. The molecule has 0 N–H and O–H groups in total. The summed E-state index contributed by atoms with van der Waals surface area (Å²) in [5.41, 5.74) is 3.59. The van der Waals surface area contributed by atoms with Crippen molar-refractivity contribution in [3.05, 3.63) is 34.4 Å². The molecule has 0 aliphatic carbocycles. The summed E-state index contributed by atoms with van der Waals surface area (Å²) >= 11 is 5.69. The summed E-state index contributed by atoms with van der Waals surface area (Å²) in [6.07, 6.45) is 2.05. The molecule has 0 atom stereocenters. The van der Waals surface area contributed by atoms with Crippen LogP contribution in [0.15, 0.2) is 34.4 Å². The predicted molar refractivity (Wildman–Crippen MR) is 52.8 cm³/mol. The van der Waals surface area contributed by atoms with Crippen LogP contribution in [0.3, 0.4) is 0 Å². The zero-order valence-corrected chi connectivity index (χ0v) is 8.42. The zero-order chi connectivity index (χ0) is 9.02. The maximum absolute atomic E-state index is 5.69. The summed E-state index contributed by atoms with van der Waals surface area (Å²) < 4.78 is 0. The first-order valence-electron chi connectivity index (χ1n) is 3.62. The summed E-state index contributed by atoms with van der Waals surface area (Å²) in [4.78, 5) is 0. The van der Waals surface area contributed by atoms with Crippen molar-refractivity contribution in [3.63, 3.8) is 0 Å². The van der Waals surface area contributed by atoms with Gasteiger partial charge in [-0.1, -0.05) is 35.4 Å². The van der Waals surface area contributed by atoms with E-state index in [-0.39, 0.29) is 0 Å². The monoisotopic (exact) mass is 170 g/mol. The predicted octanol–water partition coefficient (Wildman–Crippen LogP) is 4.04. The molecule has 0 saturated heterocycles. The van der Waals surface area contributed by atoms with Crippen LogP contribution in [0.4, 0.5) is 0 Å². The fourth-order valence-corrected chi connectivity index (χ4v) is 0.602. The molecule has 0 fully saturated rings. The Labute approximate surface area is 74.3 Å². The molecule has 1 heteroatoms. The smallest absolute Gasteiger partial charge is 0.0363 e. The average molecular weight is 171 g/mol. The van der Waals surface area contributed by atoms with Gasteiger partial charge in [0.05, 0.1) is 0 Å². The van der Waals surface area contributed by atoms with Crippen molar-refractivity contribution in [1.29, 1.82) is 0 Å². The molecule has 0 aliphatic heterocycles. The molecule has 0 rings (SSSR count). The molecular weight excluding hydrogens is 156 g/mol. The summed E-state index contributed by atoms with van der Waals surface area (Å²) in [7, 11) is 0. The van der Waals surface area contributed by atoms with E-state index in [9.17, 15) is 0 Å². The SMILES string of the molecule is C=C(Cl)/C(C)=C\C(C)=C(C)C. The van der Waals surface area contributed by atoms with E-state index in [1.165, 1.54) is 11.1 Å². The summed E-state index contributed by atoms with van der Waals surface area (Å²) in [6, 6.07) is 0. The largest absolute Gasteiger partial charge is 0.0847 e. The Morgan fingerprint density at radius 2 is 1.64 bits per heavy atom. The van der Waals surface area contributed by atoms with Crippen LogP contribution in [-0.4, -0.2) is 0 Å². The van der Waals surface area contributed by atoms with Crippen LogP contribution in [0, 0.1) is 0 Å². The molecule has 0 spiro atoms. The molecule has 0 bridgehead atoms. The second-order valence-corrected chi connectivity index (χ2v) is 3.37. The van der Waals surface area contributed by atoms with Crippen LogP contribution in [0.5, 0.6) is 0 Å². The lowest BCUT2D eigenvalue weighted by atomic mass is 10.1. The standard InChI is InChI=1S/C10H15Cl/c1-7(2)8(3)6-9(4)10(5)11/h6H,5H2,1-4H3/b9-6-. The Balaban J connectivity index is 4.58. The van der Waals surface area contributed by atoms with Gasteiger partial charge in [0, 0.05) is 5.03 Å². The molecule has 11 heavy (non-hydrogen) atoms. The molecule has 0 radical (unpaired) electrons. The Hall–Kier alpha value is -0.490. The van der Waals surface area contributed by atoms with E-state index in [0.717, 1.165) is 5.57 Å². The van der Waals surface area contributed by atoms with Crippen LogP contribution >= 0.6 is 11.6 Å². The molecule has 0 nitrogen and oxygen atoms in total. The number of rotatable bonds is 2. The summed E-state index contributed by atoms with van der Waals surface area (Å²) in [6.45, 7) is 11.8. The third-order valence-electron chi connectivity index (χ3n) is 1.65. The first-order valence-corrected chi connectivity index (χ1v) is 4.00. The first kappa shape index (κ1) is 10.5. The topological polar surface area (TPSA) is 0 Å². The van der Waals surface area contributed by atoms with Gasteiger partial charge in [0.15, 0.2) is 0 Å². The first-order chi connectivity index (χ1) is 4.95. The van der Waals surface area contributed by atoms with Crippen molar-refractivity contribution in [2.75, 3.05) is 0 Å². The van der Waals surface area contributed by atoms with Gasteiger partial charge in [-0.3, -0.25) is 0 Å². The summed E-state index contributed by atoms with van der Waals surface area (Å²) in [5, 5.41) is 0.616. The maximum atomic E-state index is 5.69. The third kappa shape index (κ3) is 4.05. The van der Waals surface area contributed by atoms with Gasteiger partial charge in [0.25, 0.3) is 0 Å². The maximum Gasteiger partial charge on any atom is 0.0363 e. The fraction of sp³-hybridized carbons (Fsp3) is 0.400. The fourth-order valence-electron chi connectivity index (χ4n) is 0.547. The lowest BCUT2D eigenvalue weighted by Gasteiger charge is -1.99.